The first-order valence-corrected chi connectivity index (χ1v) is 12.1. The van der Waals surface area contributed by atoms with Gasteiger partial charge in [0.2, 0.25) is 5.91 Å². The van der Waals surface area contributed by atoms with Gasteiger partial charge in [0.1, 0.15) is 5.82 Å². The highest BCUT2D eigenvalue weighted by Crippen LogP contribution is 2.39. The highest BCUT2D eigenvalue weighted by atomic mass is 35.5. The number of hydrogen-bond acceptors (Lipinski definition) is 4. The molecule has 4 rings (SSSR count). The van der Waals surface area contributed by atoms with Crippen LogP contribution in [0.4, 0.5) is 4.39 Å². The molecule has 1 heterocycles. The summed E-state index contributed by atoms with van der Waals surface area (Å²) >= 11 is 7.87. The summed E-state index contributed by atoms with van der Waals surface area (Å²) in [6.45, 7) is 2.22. The van der Waals surface area contributed by atoms with E-state index < -0.39 is 0 Å². The monoisotopic (exact) mass is 472 g/mol. The molecule has 0 bridgehead atoms. The van der Waals surface area contributed by atoms with Gasteiger partial charge in [-0.15, -0.1) is 10.2 Å². The fraction of sp³-hybridized carbons (Fsp3) is 0.375. The summed E-state index contributed by atoms with van der Waals surface area (Å²) in [7, 11) is 1.74. The maximum atomic E-state index is 13.5. The van der Waals surface area contributed by atoms with E-state index in [9.17, 15) is 9.18 Å². The molecular formula is C24H26ClFN4OS. The van der Waals surface area contributed by atoms with Crippen molar-refractivity contribution in [3.05, 3.63) is 64.9 Å². The predicted molar refractivity (Wildman–Crippen MR) is 126 cm³/mol. The number of carbonyl (C=O) groups excluding carboxylic acids is 1. The van der Waals surface area contributed by atoms with Gasteiger partial charge in [-0.2, -0.15) is 0 Å². The Hall–Kier alpha value is -2.38. The average Bonchev–Trinajstić information content (AvgIpc) is 3.43. The third kappa shape index (κ3) is 4.99. The molecule has 1 atom stereocenters. The maximum Gasteiger partial charge on any atom is 0.235 e. The summed E-state index contributed by atoms with van der Waals surface area (Å²) in [6, 6.07) is 14.3. The smallest absolute Gasteiger partial charge is 0.235 e. The van der Waals surface area contributed by atoms with Gasteiger partial charge in [0.25, 0.3) is 0 Å². The van der Waals surface area contributed by atoms with Crippen molar-refractivity contribution in [2.75, 3.05) is 7.05 Å². The second-order valence-corrected chi connectivity index (χ2v) is 9.89. The van der Waals surface area contributed by atoms with E-state index in [4.69, 9.17) is 11.6 Å². The highest BCUT2D eigenvalue weighted by molar-refractivity contribution is 8.00. The number of nitrogens with zero attached hydrogens (tertiary/aromatic N) is 4. The summed E-state index contributed by atoms with van der Waals surface area (Å²) in [5, 5.41) is 9.92. The minimum atomic E-state index is -0.364. The van der Waals surface area contributed by atoms with E-state index in [-0.39, 0.29) is 17.0 Å². The van der Waals surface area contributed by atoms with Crippen LogP contribution in [0.25, 0.3) is 11.4 Å². The first-order chi connectivity index (χ1) is 15.4. The van der Waals surface area contributed by atoms with Crippen LogP contribution in [0.3, 0.4) is 0 Å². The van der Waals surface area contributed by atoms with Gasteiger partial charge in [0.15, 0.2) is 11.0 Å². The number of rotatable bonds is 7. The number of amides is 1. The van der Waals surface area contributed by atoms with E-state index in [1.54, 1.807) is 18.0 Å². The van der Waals surface area contributed by atoms with Gasteiger partial charge >= 0.3 is 0 Å². The SMILES string of the molecule is CC(Sc1nnc(-c2ccccc2Cl)n1C1CCCC1)C(=O)N(C)Cc1cccc(F)c1. The average molecular weight is 473 g/mol. The number of aromatic nitrogens is 3. The quantitative estimate of drug-likeness (QED) is 0.396. The van der Waals surface area contributed by atoms with Gasteiger partial charge in [-0.1, -0.05) is 60.5 Å². The first-order valence-electron chi connectivity index (χ1n) is 10.8. The summed E-state index contributed by atoms with van der Waals surface area (Å²) in [5.74, 6) is 0.403. The van der Waals surface area contributed by atoms with E-state index in [0.717, 1.165) is 34.9 Å². The maximum absolute atomic E-state index is 13.5. The molecule has 0 radical (unpaired) electrons. The molecule has 1 fully saturated rings. The Morgan fingerprint density at radius 2 is 1.97 bits per heavy atom. The lowest BCUT2D eigenvalue weighted by Gasteiger charge is -2.22. The molecule has 3 aromatic rings. The van der Waals surface area contributed by atoms with Crippen molar-refractivity contribution in [3.63, 3.8) is 0 Å². The zero-order chi connectivity index (χ0) is 22.7. The molecule has 32 heavy (non-hydrogen) atoms. The number of carbonyl (C=O) groups is 1. The largest absolute Gasteiger partial charge is 0.340 e. The fourth-order valence-electron chi connectivity index (χ4n) is 4.18. The predicted octanol–water partition coefficient (Wildman–Crippen LogP) is 5.99. The summed E-state index contributed by atoms with van der Waals surface area (Å²) < 4.78 is 15.7. The molecule has 8 heteroatoms. The zero-order valence-electron chi connectivity index (χ0n) is 18.2. The van der Waals surface area contributed by atoms with Gasteiger partial charge < -0.3 is 4.90 Å². The van der Waals surface area contributed by atoms with Crippen LogP contribution in [0.1, 0.15) is 44.2 Å². The summed E-state index contributed by atoms with van der Waals surface area (Å²) in [4.78, 5) is 14.7. The molecule has 1 unspecified atom stereocenters. The molecule has 1 aliphatic rings. The normalized spacial score (nSPS) is 15.1. The number of halogens is 2. The Morgan fingerprint density at radius 3 is 2.69 bits per heavy atom. The van der Waals surface area contributed by atoms with Crippen LogP contribution >= 0.6 is 23.4 Å². The summed E-state index contributed by atoms with van der Waals surface area (Å²) in [5.41, 5.74) is 1.61. The Bertz CT molecular complexity index is 1100. The van der Waals surface area contributed by atoms with E-state index in [1.807, 2.05) is 37.3 Å². The number of hydrogen-bond donors (Lipinski definition) is 0. The third-order valence-electron chi connectivity index (χ3n) is 5.78. The van der Waals surface area contributed by atoms with Crippen LogP contribution in [0, 0.1) is 5.82 Å². The molecule has 0 spiro atoms. The Morgan fingerprint density at radius 1 is 1.22 bits per heavy atom. The Labute approximate surface area is 197 Å². The van der Waals surface area contributed by atoms with Crippen LogP contribution < -0.4 is 0 Å². The van der Waals surface area contributed by atoms with E-state index in [2.05, 4.69) is 14.8 Å². The van der Waals surface area contributed by atoms with Gasteiger partial charge in [-0.3, -0.25) is 9.36 Å². The lowest BCUT2D eigenvalue weighted by molar-refractivity contribution is -0.129. The summed E-state index contributed by atoms with van der Waals surface area (Å²) in [6.07, 6.45) is 4.45. The highest BCUT2D eigenvalue weighted by Gasteiger charge is 2.28. The van der Waals surface area contributed by atoms with Crippen LogP contribution in [0.2, 0.25) is 5.02 Å². The van der Waals surface area contributed by atoms with E-state index in [0.29, 0.717) is 17.6 Å². The molecule has 1 saturated carbocycles. The van der Waals surface area contributed by atoms with Gasteiger partial charge in [0, 0.05) is 25.2 Å². The Balaban J connectivity index is 1.55. The molecule has 168 valence electrons. The molecule has 5 nitrogen and oxygen atoms in total. The standard InChI is InChI=1S/C24H26ClFN4OS/c1-16(23(31)29(2)15-17-8-7-9-18(26)14-17)32-24-28-27-22(20-12-5-6-13-21(20)25)30(24)19-10-3-4-11-19/h5-9,12-14,16,19H,3-4,10-11,15H2,1-2H3. The van der Waals surface area contributed by atoms with Crippen molar-refractivity contribution in [2.24, 2.45) is 0 Å². The minimum absolute atomic E-state index is 0.0421. The first kappa shape index (κ1) is 22.8. The lowest BCUT2D eigenvalue weighted by Crippen LogP contribution is -2.33. The lowest BCUT2D eigenvalue weighted by atomic mass is 10.2. The minimum Gasteiger partial charge on any atom is -0.340 e. The van der Waals surface area contributed by atoms with Gasteiger partial charge in [-0.25, -0.2) is 4.39 Å². The van der Waals surface area contributed by atoms with Crippen LogP contribution in [0.5, 0.6) is 0 Å². The molecule has 0 saturated heterocycles. The van der Waals surface area contributed by atoms with Gasteiger partial charge in [0.05, 0.1) is 10.3 Å². The van der Waals surface area contributed by atoms with Crippen LogP contribution in [0.15, 0.2) is 53.7 Å². The van der Waals surface area contributed by atoms with Crippen molar-refractivity contribution in [3.8, 4) is 11.4 Å². The van der Waals surface area contributed by atoms with E-state index >= 15 is 0 Å². The second kappa shape index (κ2) is 10.0. The molecule has 2 aromatic carbocycles. The third-order valence-corrected chi connectivity index (χ3v) is 7.16. The molecule has 1 amide bonds. The van der Waals surface area contributed by atoms with Crippen molar-refractivity contribution >= 4 is 29.3 Å². The second-order valence-electron chi connectivity index (χ2n) is 8.18. The topological polar surface area (TPSA) is 51.0 Å². The van der Waals surface area contributed by atoms with Crippen molar-refractivity contribution in [2.45, 2.75) is 55.6 Å². The number of thioether (sulfide) groups is 1. The molecule has 0 aliphatic heterocycles. The van der Waals surface area contributed by atoms with Crippen molar-refractivity contribution < 1.29 is 9.18 Å². The van der Waals surface area contributed by atoms with Gasteiger partial charge in [-0.05, 0) is 49.6 Å². The van der Waals surface area contributed by atoms with Crippen molar-refractivity contribution in [1.82, 2.24) is 19.7 Å². The fourth-order valence-corrected chi connectivity index (χ4v) is 5.44. The molecule has 1 aliphatic carbocycles. The van der Waals surface area contributed by atoms with Crippen LogP contribution in [-0.4, -0.2) is 37.9 Å². The van der Waals surface area contributed by atoms with E-state index in [1.165, 1.54) is 36.7 Å². The molecule has 1 aromatic heterocycles. The van der Waals surface area contributed by atoms with Crippen molar-refractivity contribution in [1.29, 1.82) is 0 Å². The van der Waals surface area contributed by atoms with Crippen LogP contribution in [-0.2, 0) is 11.3 Å². The number of benzene rings is 2. The zero-order valence-corrected chi connectivity index (χ0v) is 19.7. The molecule has 0 N–H and O–H groups in total. The Kier molecular flexibility index (Phi) is 7.16. The molecular weight excluding hydrogens is 447 g/mol.